The number of nitrogens with two attached hydrogens (primary N) is 1. The van der Waals surface area contributed by atoms with Crippen LogP contribution in [0.3, 0.4) is 0 Å². The lowest BCUT2D eigenvalue weighted by Crippen LogP contribution is -2.34. The molecule has 2 rings (SSSR count). The first-order valence-electron chi connectivity index (χ1n) is 8.82. The summed E-state index contributed by atoms with van der Waals surface area (Å²) in [4.78, 5) is 20.8. The van der Waals surface area contributed by atoms with E-state index < -0.39 is 12.0 Å². The molecule has 0 saturated carbocycles. The van der Waals surface area contributed by atoms with Crippen molar-refractivity contribution < 1.29 is 19.1 Å². The average molecular weight is 380 g/mol. The molecule has 0 aromatic heterocycles. The fourth-order valence-corrected chi connectivity index (χ4v) is 2.29. The number of hydrogen-bond acceptors (Lipinski definition) is 5. The van der Waals surface area contributed by atoms with Crippen molar-refractivity contribution in [3.63, 3.8) is 0 Å². The Labute approximate surface area is 165 Å². The highest BCUT2D eigenvalue weighted by Gasteiger charge is 2.18. The fraction of sp³-hybridized carbons (Fsp3) is 0.273. The maximum atomic E-state index is 11.7. The molecule has 1 aromatic rings. The van der Waals surface area contributed by atoms with Gasteiger partial charge in [0.05, 0.1) is 18.2 Å². The number of carbonyl (C=O) groups excluding carboxylic acids is 2. The molecule has 0 aliphatic heterocycles. The minimum atomic E-state index is -0.712. The van der Waals surface area contributed by atoms with Gasteiger partial charge in [0.15, 0.2) is 6.10 Å². The summed E-state index contributed by atoms with van der Waals surface area (Å²) in [5.41, 5.74) is 10.9. The molecule has 0 spiro atoms. The second kappa shape index (κ2) is 12.7. The topological polar surface area (TPSA) is 102 Å². The number of nitriles is 1. The van der Waals surface area contributed by atoms with Crippen LogP contribution in [0, 0.1) is 18.3 Å². The number of amides is 1. The molecule has 0 fully saturated rings. The number of nitrogens with zero attached hydrogens (tertiary/aromatic N) is 1. The zero-order valence-corrected chi connectivity index (χ0v) is 16.1. The first-order chi connectivity index (χ1) is 13.5. The van der Waals surface area contributed by atoms with E-state index in [-0.39, 0.29) is 0 Å². The van der Waals surface area contributed by atoms with Gasteiger partial charge in [0, 0.05) is 0 Å². The van der Waals surface area contributed by atoms with Gasteiger partial charge in [-0.05, 0) is 68.2 Å². The van der Waals surface area contributed by atoms with Gasteiger partial charge in [-0.3, -0.25) is 9.59 Å². The van der Waals surface area contributed by atoms with Crippen LogP contribution in [-0.4, -0.2) is 25.1 Å². The number of aryl methyl sites for hydroxylation is 1. The van der Waals surface area contributed by atoms with Crippen molar-refractivity contribution in [1.82, 2.24) is 0 Å². The van der Waals surface area contributed by atoms with E-state index in [1.165, 1.54) is 0 Å². The lowest BCUT2D eigenvalue weighted by Gasteiger charge is -2.18. The first kappa shape index (κ1) is 22.5. The molecule has 146 valence electrons. The fourth-order valence-electron chi connectivity index (χ4n) is 2.29. The number of ether oxygens (including phenoxy) is 2. The summed E-state index contributed by atoms with van der Waals surface area (Å²) < 4.78 is 9.91. The van der Waals surface area contributed by atoms with Gasteiger partial charge in [0.25, 0.3) is 12.4 Å². The molecular formula is C22H24N2O4. The lowest BCUT2D eigenvalue weighted by atomic mass is 10.1. The molecule has 1 aliphatic rings. The van der Waals surface area contributed by atoms with Gasteiger partial charge < -0.3 is 15.2 Å². The molecule has 1 unspecified atom stereocenters. The minimum Gasteiger partial charge on any atom is -0.480 e. The van der Waals surface area contributed by atoms with Crippen LogP contribution in [0.2, 0.25) is 0 Å². The Bertz CT molecular complexity index is 841. The molecule has 0 saturated heterocycles. The minimum absolute atomic E-state index is 0.431. The lowest BCUT2D eigenvalue weighted by molar-refractivity contribution is -0.128. The molecule has 28 heavy (non-hydrogen) atoms. The van der Waals surface area contributed by atoms with Crippen molar-refractivity contribution in [1.29, 1.82) is 5.26 Å². The van der Waals surface area contributed by atoms with Gasteiger partial charge in [0.2, 0.25) is 0 Å². The monoisotopic (exact) mass is 380 g/mol. The average Bonchev–Trinajstić information content (AvgIpc) is 2.96. The largest absolute Gasteiger partial charge is 0.480 e. The van der Waals surface area contributed by atoms with Gasteiger partial charge in [-0.2, -0.15) is 5.26 Å². The predicted molar refractivity (Wildman–Crippen MR) is 106 cm³/mol. The van der Waals surface area contributed by atoms with Crippen LogP contribution in [0.1, 0.15) is 30.9 Å². The Kier molecular flexibility index (Phi) is 10.2. The van der Waals surface area contributed by atoms with E-state index in [0.29, 0.717) is 37.2 Å². The number of rotatable bonds is 8. The first-order valence-corrected chi connectivity index (χ1v) is 8.82. The van der Waals surface area contributed by atoms with E-state index in [0.717, 1.165) is 11.1 Å². The van der Waals surface area contributed by atoms with Crippen molar-refractivity contribution in [2.75, 3.05) is 6.61 Å². The summed E-state index contributed by atoms with van der Waals surface area (Å²) in [6.07, 6.45) is 9.93. The summed E-state index contributed by atoms with van der Waals surface area (Å²) in [5, 5.41) is 8.89. The van der Waals surface area contributed by atoms with Gasteiger partial charge in [-0.1, -0.05) is 18.2 Å². The highest BCUT2D eigenvalue weighted by Crippen LogP contribution is 2.22. The van der Waals surface area contributed by atoms with Gasteiger partial charge in [0.1, 0.15) is 5.75 Å². The third-order valence-corrected chi connectivity index (χ3v) is 3.72. The molecule has 1 aliphatic carbocycles. The summed E-state index contributed by atoms with van der Waals surface area (Å²) >= 11 is 0. The number of benzene rings is 1. The zero-order chi connectivity index (χ0) is 20.8. The molecule has 6 heteroatoms. The molecule has 1 atom stereocenters. The van der Waals surface area contributed by atoms with Crippen molar-refractivity contribution in [3.8, 4) is 11.8 Å². The predicted octanol–water partition coefficient (Wildman–Crippen LogP) is 3.27. The highest BCUT2D eigenvalue weighted by molar-refractivity contribution is 5.79. The zero-order valence-electron chi connectivity index (χ0n) is 16.1. The highest BCUT2D eigenvalue weighted by atomic mass is 16.5. The van der Waals surface area contributed by atoms with E-state index in [1.807, 2.05) is 37.3 Å². The Morgan fingerprint density at radius 2 is 2.18 bits per heavy atom. The second-order valence-corrected chi connectivity index (χ2v) is 5.79. The number of primary amides is 1. The van der Waals surface area contributed by atoms with E-state index in [4.69, 9.17) is 15.7 Å². The molecule has 6 nitrogen and oxygen atoms in total. The smallest absolute Gasteiger partial charge is 0.293 e. The van der Waals surface area contributed by atoms with Crippen molar-refractivity contribution in [2.45, 2.75) is 32.8 Å². The van der Waals surface area contributed by atoms with Gasteiger partial charge in [-0.15, -0.1) is 5.73 Å². The van der Waals surface area contributed by atoms with Crippen molar-refractivity contribution >= 4 is 12.4 Å². The van der Waals surface area contributed by atoms with Crippen LogP contribution in [-0.2, 0) is 14.3 Å². The molecule has 2 N–H and O–H groups in total. The molecule has 0 bridgehead atoms. The van der Waals surface area contributed by atoms with Crippen molar-refractivity contribution in [2.24, 2.45) is 5.73 Å². The normalized spacial score (nSPS) is 12.5. The number of hydrogen-bond donors (Lipinski definition) is 1. The van der Waals surface area contributed by atoms with Gasteiger partial charge in [-0.25, -0.2) is 0 Å². The van der Waals surface area contributed by atoms with Crippen LogP contribution in [0.5, 0.6) is 5.75 Å². The Morgan fingerprint density at radius 3 is 2.75 bits per heavy atom. The SMILES string of the molecule is CCOC=O.Cc1cc(C#N)ccc1OC(CCC1=CC=C=CC=C1)C(N)=O. The molecule has 1 amide bonds. The maximum Gasteiger partial charge on any atom is 0.293 e. The summed E-state index contributed by atoms with van der Waals surface area (Å²) in [5.74, 6) is 0.0698. The van der Waals surface area contributed by atoms with Crippen LogP contribution < -0.4 is 10.5 Å². The van der Waals surface area contributed by atoms with Crippen molar-refractivity contribution in [3.05, 3.63) is 71.0 Å². The standard InChI is InChI=1S/C19H18N2O2.C3H6O2/c1-14-12-16(13-20)9-10-17(14)23-18(19(21)22)11-8-15-6-4-2-3-5-7-15;1-2-5-3-4/h2,4-7,9-10,12,18H,8,11H2,1H3,(H2,21,22);3H,2H2,1H3. The summed E-state index contributed by atoms with van der Waals surface area (Å²) in [6, 6.07) is 7.15. The van der Waals surface area contributed by atoms with E-state index in [2.05, 4.69) is 16.5 Å². The number of allylic oxidation sites excluding steroid dienone is 5. The Balaban J connectivity index is 0.000000696. The summed E-state index contributed by atoms with van der Waals surface area (Å²) in [6.45, 7) is 4.50. The van der Waals surface area contributed by atoms with Crippen LogP contribution in [0.15, 0.2) is 59.9 Å². The van der Waals surface area contributed by atoms with Crippen LogP contribution in [0.4, 0.5) is 0 Å². The number of carbonyl (C=O) groups is 2. The van der Waals surface area contributed by atoms with Crippen LogP contribution >= 0.6 is 0 Å². The second-order valence-electron chi connectivity index (χ2n) is 5.79. The molecule has 1 aromatic carbocycles. The third-order valence-electron chi connectivity index (χ3n) is 3.72. The van der Waals surface area contributed by atoms with E-state index in [1.54, 1.807) is 25.1 Å². The third kappa shape index (κ3) is 8.22. The Morgan fingerprint density at radius 1 is 1.39 bits per heavy atom. The van der Waals surface area contributed by atoms with Gasteiger partial charge >= 0.3 is 0 Å². The molecule has 0 radical (unpaired) electrons. The maximum absolute atomic E-state index is 11.7. The molecular weight excluding hydrogens is 356 g/mol. The van der Waals surface area contributed by atoms with E-state index in [9.17, 15) is 9.59 Å². The summed E-state index contributed by atoms with van der Waals surface area (Å²) in [7, 11) is 0. The van der Waals surface area contributed by atoms with E-state index >= 15 is 0 Å². The quantitative estimate of drug-likeness (QED) is 0.551. The molecule has 0 heterocycles. The van der Waals surface area contributed by atoms with Crippen LogP contribution in [0.25, 0.3) is 0 Å². The Hall–Kier alpha value is -3.55.